The molecular formula is C30H33N5O3. The van der Waals surface area contributed by atoms with Crippen molar-refractivity contribution < 1.29 is 14.1 Å². The van der Waals surface area contributed by atoms with Crippen LogP contribution in [-0.4, -0.2) is 46.0 Å². The van der Waals surface area contributed by atoms with Crippen molar-refractivity contribution in [1.82, 2.24) is 20.4 Å². The number of hydrogen-bond acceptors (Lipinski definition) is 5. The first kappa shape index (κ1) is 24.4. The number of carbonyl (C=O) groups is 2. The Labute approximate surface area is 221 Å². The number of nitrogens with zero attached hydrogens (tertiary/aromatic N) is 2. The van der Waals surface area contributed by atoms with E-state index in [9.17, 15) is 9.59 Å². The number of aromatic nitrogens is 2. The molecule has 1 saturated carbocycles. The summed E-state index contributed by atoms with van der Waals surface area (Å²) in [7, 11) is 0. The van der Waals surface area contributed by atoms with E-state index in [1.807, 2.05) is 65.7 Å². The molecule has 196 valence electrons. The monoisotopic (exact) mass is 511 g/mol. The minimum absolute atomic E-state index is 0.0239. The maximum Gasteiger partial charge on any atom is 0.273 e. The Kier molecular flexibility index (Phi) is 6.72. The van der Waals surface area contributed by atoms with E-state index in [0.717, 1.165) is 53.5 Å². The van der Waals surface area contributed by atoms with Crippen LogP contribution in [-0.2, 0) is 11.2 Å². The molecule has 4 aromatic rings. The molecule has 1 aliphatic carbocycles. The zero-order valence-electron chi connectivity index (χ0n) is 21.3. The van der Waals surface area contributed by atoms with Crippen LogP contribution < -0.4 is 11.1 Å². The summed E-state index contributed by atoms with van der Waals surface area (Å²) in [6.07, 6.45) is 6.16. The van der Waals surface area contributed by atoms with Crippen molar-refractivity contribution in [3.05, 3.63) is 89.4 Å². The summed E-state index contributed by atoms with van der Waals surface area (Å²) in [5.41, 5.74) is 9.87. The summed E-state index contributed by atoms with van der Waals surface area (Å²) >= 11 is 0. The molecule has 2 aliphatic rings. The van der Waals surface area contributed by atoms with Gasteiger partial charge in [-0.3, -0.25) is 9.59 Å². The zero-order chi connectivity index (χ0) is 26.1. The van der Waals surface area contributed by atoms with Gasteiger partial charge >= 0.3 is 0 Å². The molecule has 1 saturated heterocycles. The van der Waals surface area contributed by atoms with E-state index in [2.05, 4.69) is 15.5 Å². The van der Waals surface area contributed by atoms with Gasteiger partial charge in [-0.1, -0.05) is 53.7 Å². The average Bonchev–Trinajstić information content (AvgIpc) is 3.55. The van der Waals surface area contributed by atoms with Crippen LogP contribution >= 0.6 is 0 Å². The molecule has 0 spiro atoms. The molecule has 2 amide bonds. The summed E-state index contributed by atoms with van der Waals surface area (Å²) in [6.45, 7) is 1.22. The number of H-pyrrole nitrogens is 1. The first-order valence-electron chi connectivity index (χ1n) is 13.5. The number of carbonyl (C=O) groups excluding carboxylic acids is 2. The Morgan fingerprint density at radius 1 is 1.05 bits per heavy atom. The van der Waals surface area contributed by atoms with Crippen LogP contribution in [0.15, 0.2) is 71.4 Å². The van der Waals surface area contributed by atoms with Crippen LogP contribution in [0.5, 0.6) is 0 Å². The highest BCUT2D eigenvalue weighted by atomic mass is 16.5. The molecule has 2 atom stereocenters. The number of rotatable bonds is 8. The topological polar surface area (TPSA) is 117 Å². The van der Waals surface area contributed by atoms with Crippen molar-refractivity contribution in [2.45, 2.75) is 50.1 Å². The molecule has 1 aliphatic heterocycles. The van der Waals surface area contributed by atoms with Gasteiger partial charge in [0.15, 0.2) is 5.69 Å². The number of nitrogens with two attached hydrogens (primary N) is 1. The highest BCUT2D eigenvalue weighted by molar-refractivity contribution is 5.92. The van der Waals surface area contributed by atoms with Crippen LogP contribution in [0.4, 0.5) is 0 Å². The highest BCUT2D eigenvalue weighted by Crippen LogP contribution is 2.40. The molecule has 3 heterocycles. The zero-order valence-corrected chi connectivity index (χ0v) is 21.3. The van der Waals surface area contributed by atoms with E-state index in [-0.39, 0.29) is 23.8 Å². The van der Waals surface area contributed by atoms with E-state index in [1.54, 1.807) is 6.07 Å². The second-order valence-electron chi connectivity index (χ2n) is 10.6. The van der Waals surface area contributed by atoms with E-state index < -0.39 is 6.04 Å². The van der Waals surface area contributed by atoms with E-state index in [0.29, 0.717) is 31.1 Å². The molecule has 1 unspecified atom stereocenters. The predicted molar refractivity (Wildman–Crippen MR) is 144 cm³/mol. The van der Waals surface area contributed by atoms with Gasteiger partial charge in [-0.25, -0.2) is 0 Å². The number of amides is 2. The smallest absolute Gasteiger partial charge is 0.273 e. The lowest BCUT2D eigenvalue weighted by Gasteiger charge is -2.37. The van der Waals surface area contributed by atoms with Crippen molar-refractivity contribution in [3.8, 4) is 0 Å². The first-order valence-corrected chi connectivity index (χ1v) is 13.5. The third kappa shape index (κ3) is 5.09. The van der Waals surface area contributed by atoms with Crippen LogP contribution in [0.3, 0.4) is 0 Å². The molecule has 2 aromatic carbocycles. The molecule has 8 heteroatoms. The van der Waals surface area contributed by atoms with Crippen molar-refractivity contribution in [2.75, 3.05) is 13.1 Å². The summed E-state index contributed by atoms with van der Waals surface area (Å²) in [5.74, 6) is 1.13. The Hall–Kier alpha value is -3.91. The van der Waals surface area contributed by atoms with Crippen LogP contribution in [0.25, 0.3) is 10.9 Å². The predicted octanol–water partition coefficient (Wildman–Crippen LogP) is 4.31. The van der Waals surface area contributed by atoms with Crippen LogP contribution in [0.1, 0.15) is 65.0 Å². The molecule has 0 radical (unpaired) electrons. The molecule has 4 N–H and O–H groups in total. The van der Waals surface area contributed by atoms with Crippen molar-refractivity contribution in [1.29, 1.82) is 0 Å². The van der Waals surface area contributed by atoms with Crippen molar-refractivity contribution in [3.63, 3.8) is 0 Å². The van der Waals surface area contributed by atoms with Gasteiger partial charge in [0.25, 0.3) is 5.91 Å². The normalized spacial score (nSPS) is 17.9. The third-order valence-electron chi connectivity index (χ3n) is 7.94. The first-order chi connectivity index (χ1) is 18.6. The summed E-state index contributed by atoms with van der Waals surface area (Å²) < 4.78 is 5.40. The fourth-order valence-electron chi connectivity index (χ4n) is 5.62. The summed E-state index contributed by atoms with van der Waals surface area (Å²) in [5, 5.41) is 8.33. The molecule has 2 fully saturated rings. The fourth-order valence-corrected chi connectivity index (χ4v) is 5.62. The minimum atomic E-state index is -0.594. The number of likely N-dealkylation sites (tertiary alicyclic amines) is 1. The number of para-hydroxylation sites is 1. The van der Waals surface area contributed by atoms with E-state index in [1.165, 1.54) is 0 Å². The van der Waals surface area contributed by atoms with Crippen molar-refractivity contribution in [2.24, 2.45) is 11.7 Å². The number of hydrogen-bond donors (Lipinski definition) is 3. The summed E-state index contributed by atoms with van der Waals surface area (Å²) in [4.78, 5) is 31.5. The average molecular weight is 512 g/mol. The van der Waals surface area contributed by atoms with Gasteiger partial charge < -0.3 is 25.5 Å². The number of aromatic amines is 1. The van der Waals surface area contributed by atoms with E-state index in [4.69, 9.17) is 10.3 Å². The van der Waals surface area contributed by atoms with Crippen LogP contribution in [0, 0.1) is 5.92 Å². The van der Waals surface area contributed by atoms with Gasteiger partial charge in [-0.05, 0) is 55.2 Å². The third-order valence-corrected chi connectivity index (χ3v) is 7.94. The van der Waals surface area contributed by atoms with Gasteiger partial charge in [0.2, 0.25) is 5.91 Å². The van der Waals surface area contributed by atoms with Gasteiger partial charge in [0.1, 0.15) is 5.76 Å². The molecular weight excluding hydrogens is 478 g/mol. The largest absolute Gasteiger partial charge is 0.361 e. The SMILES string of the molecule is N[C@H](Cc1c[nH]c2ccccc12)C(=O)N1CCC(C(NC(=O)c2cc(C3CC3)on2)c2ccccc2)CC1. The molecule has 0 bridgehead atoms. The van der Waals surface area contributed by atoms with E-state index >= 15 is 0 Å². The second kappa shape index (κ2) is 10.5. The molecule has 8 nitrogen and oxygen atoms in total. The van der Waals surface area contributed by atoms with Gasteiger partial charge in [0.05, 0.1) is 12.1 Å². The Morgan fingerprint density at radius 2 is 1.79 bits per heavy atom. The maximum absolute atomic E-state index is 13.2. The molecule has 6 rings (SSSR count). The Balaban J connectivity index is 1.10. The van der Waals surface area contributed by atoms with Crippen molar-refractivity contribution >= 4 is 22.7 Å². The summed E-state index contributed by atoms with van der Waals surface area (Å²) in [6, 6.07) is 19.1. The van der Waals surface area contributed by atoms with Gasteiger partial charge in [0, 0.05) is 42.2 Å². The Bertz CT molecular complexity index is 1420. The molecule has 2 aromatic heterocycles. The lowest BCUT2D eigenvalue weighted by atomic mass is 9.85. The standard InChI is InChI=1S/C30H33N5O3/c31-24(16-22-18-32-25-9-5-4-8-23(22)25)30(37)35-14-12-21(13-15-35)28(20-6-2-1-3-7-20)33-29(36)26-17-27(38-34-26)19-10-11-19/h1-9,17-19,21,24,28,32H,10-16,31H2,(H,33,36)/t24-,28?/m1/s1. The minimum Gasteiger partial charge on any atom is -0.361 e. The number of piperidine rings is 1. The number of benzene rings is 2. The second-order valence-corrected chi connectivity index (χ2v) is 10.6. The Morgan fingerprint density at radius 3 is 2.55 bits per heavy atom. The van der Waals surface area contributed by atoms with Crippen LogP contribution in [0.2, 0.25) is 0 Å². The highest BCUT2D eigenvalue weighted by Gasteiger charge is 2.33. The number of nitrogens with one attached hydrogen (secondary N) is 2. The quantitative estimate of drug-likeness (QED) is 0.326. The lowest BCUT2D eigenvalue weighted by molar-refractivity contribution is -0.134. The molecule has 38 heavy (non-hydrogen) atoms. The van der Waals surface area contributed by atoms with Gasteiger partial charge in [-0.2, -0.15) is 0 Å². The lowest BCUT2D eigenvalue weighted by Crippen LogP contribution is -2.49. The van der Waals surface area contributed by atoms with Gasteiger partial charge in [-0.15, -0.1) is 0 Å². The fraction of sp³-hybridized carbons (Fsp3) is 0.367. The maximum atomic E-state index is 13.2. The number of fused-ring (bicyclic) bond motifs is 1.